The molecule has 1 atom stereocenters. The summed E-state index contributed by atoms with van der Waals surface area (Å²) >= 11 is 0. The van der Waals surface area contributed by atoms with Crippen molar-refractivity contribution in [3.05, 3.63) is 71.3 Å². The summed E-state index contributed by atoms with van der Waals surface area (Å²) in [6.07, 6.45) is 10.5. The van der Waals surface area contributed by atoms with Crippen molar-refractivity contribution in [2.75, 3.05) is 0 Å². The molecule has 2 aromatic rings. The Hall–Kier alpha value is -1.56. The Morgan fingerprint density at radius 1 is 0.633 bits per heavy atom. The van der Waals surface area contributed by atoms with Gasteiger partial charge in [-0.25, -0.2) is 0 Å². The molecule has 0 aliphatic carbocycles. The molecule has 0 saturated heterocycles. The summed E-state index contributed by atoms with van der Waals surface area (Å²) in [6, 6.07) is 20.0. The van der Waals surface area contributed by atoms with Gasteiger partial charge in [-0.1, -0.05) is 142 Å². The molecule has 0 N–H and O–H groups in total. The zero-order valence-corrected chi connectivity index (χ0v) is 21.0. The van der Waals surface area contributed by atoms with E-state index in [0.717, 1.165) is 11.8 Å². The van der Waals surface area contributed by atoms with Crippen molar-refractivity contribution in [2.45, 2.75) is 105 Å². The van der Waals surface area contributed by atoms with Gasteiger partial charge >= 0.3 is 0 Å². The third-order valence-corrected chi connectivity index (χ3v) is 5.95. The molecular weight excluding hydrogens is 360 g/mol. The zero-order valence-electron chi connectivity index (χ0n) is 21.0. The fraction of sp³-hybridized carbons (Fsp3) is 0.600. The molecule has 0 aliphatic rings. The van der Waals surface area contributed by atoms with Crippen LogP contribution in [0.1, 0.15) is 104 Å². The SMILES string of the molecule is CCCC(C)Cc1ccc(C(C)(C)C)cc1.CCCC(CCC)Cc1ccccc1. The van der Waals surface area contributed by atoms with Gasteiger partial charge in [-0.15, -0.1) is 0 Å². The lowest BCUT2D eigenvalue weighted by Gasteiger charge is -2.19. The first-order chi connectivity index (χ1) is 14.3. The van der Waals surface area contributed by atoms with Gasteiger partial charge in [0.2, 0.25) is 0 Å². The van der Waals surface area contributed by atoms with Crippen LogP contribution in [0.4, 0.5) is 0 Å². The molecule has 2 rings (SSSR count). The molecule has 0 aromatic heterocycles. The number of rotatable bonds is 10. The lowest BCUT2D eigenvalue weighted by Crippen LogP contribution is -2.11. The maximum Gasteiger partial charge on any atom is -0.0132 e. The first kappa shape index (κ1) is 26.5. The predicted molar refractivity (Wildman–Crippen MR) is 136 cm³/mol. The molecule has 168 valence electrons. The Bertz CT molecular complexity index is 639. The third kappa shape index (κ3) is 11.0. The number of hydrogen-bond donors (Lipinski definition) is 0. The highest BCUT2D eigenvalue weighted by Gasteiger charge is 2.13. The Labute approximate surface area is 188 Å². The maximum atomic E-state index is 2.35. The van der Waals surface area contributed by atoms with Gasteiger partial charge in [0, 0.05) is 0 Å². The van der Waals surface area contributed by atoms with E-state index in [1.165, 1.54) is 68.1 Å². The van der Waals surface area contributed by atoms with E-state index >= 15 is 0 Å². The van der Waals surface area contributed by atoms with Gasteiger partial charge in [-0.05, 0) is 46.8 Å². The summed E-state index contributed by atoms with van der Waals surface area (Å²) < 4.78 is 0. The second-order valence-electron chi connectivity index (χ2n) is 10.2. The molecule has 0 amide bonds. The average Bonchev–Trinajstić information content (AvgIpc) is 2.70. The Morgan fingerprint density at radius 3 is 1.60 bits per heavy atom. The van der Waals surface area contributed by atoms with Crippen LogP contribution in [-0.4, -0.2) is 0 Å². The Morgan fingerprint density at radius 2 is 1.13 bits per heavy atom. The van der Waals surface area contributed by atoms with Crippen molar-refractivity contribution in [3.8, 4) is 0 Å². The van der Waals surface area contributed by atoms with E-state index in [-0.39, 0.29) is 5.41 Å². The van der Waals surface area contributed by atoms with Crippen molar-refractivity contribution >= 4 is 0 Å². The highest BCUT2D eigenvalue weighted by Crippen LogP contribution is 2.23. The number of benzene rings is 2. The van der Waals surface area contributed by atoms with Crippen molar-refractivity contribution in [2.24, 2.45) is 11.8 Å². The van der Waals surface area contributed by atoms with Crippen LogP contribution in [0.3, 0.4) is 0 Å². The highest BCUT2D eigenvalue weighted by molar-refractivity contribution is 5.27. The van der Waals surface area contributed by atoms with Crippen LogP contribution in [-0.2, 0) is 18.3 Å². The fourth-order valence-corrected chi connectivity index (χ4v) is 4.25. The molecule has 0 nitrogen and oxygen atoms in total. The van der Waals surface area contributed by atoms with Gasteiger partial charge < -0.3 is 0 Å². The quantitative estimate of drug-likeness (QED) is 0.367. The fourth-order valence-electron chi connectivity index (χ4n) is 4.25. The van der Waals surface area contributed by atoms with Gasteiger partial charge in [0.1, 0.15) is 0 Å². The van der Waals surface area contributed by atoms with Gasteiger partial charge in [0.25, 0.3) is 0 Å². The average molecular weight is 409 g/mol. The van der Waals surface area contributed by atoms with Crippen molar-refractivity contribution in [1.29, 1.82) is 0 Å². The van der Waals surface area contributed by atoms with Gasteiger partial charge in [0.15, 0.2) is 0 Å². The van der Waals surface area contributed by atoms with Crippen molar-refractivity contribution in [1.82, 2.24) is 0 Å². The molecule has 0 fully saturated rings. The van der Waals surface area contributed by atoms with Gasteiger partial charge in [-0.3, -0.25) is 0 Å². The molecule has 0 heterocycles. The summed E-state index contributed by atoms with van der Waals surface area (Å²) in [5.41, 5.74) is 4.68. The summed E-state index contributed by atoms with van der Waals surface area (Å²) in [5.74, 6) is 1.71. The number of hydrogen-bond acceptors (Lipinski definition) is 0. The maximum absolute atomic E-state index is 2.35. The second kappa shape index (κ2) is 14.4. The van der Waals surface area contributed by atoms with E-state index in [4.69, 9.17) is 0 Å². The molecule has 2 aromatic carbocycles. The van der Waals surface area contributed by atoms with Gasteiger partial charge in [-0.2, -0.15) is 0 Å². The molecule has 1 unspecified atom stereocenters. The summed E-state index contributed by atoms with van der Waals surface area (Å²) in [4.78, 5) is 0. The van der Waals surface area contributed by atoms with Gasteiger partial charge in [0.05, 0.1) is 0 Å². The minimum absolute atomic E-state index is 0.271. The molecule has 0 spiro atoms. The second-order valence-corrected chi connectivity index (χ2v) is 10.2. The normalized spacial score (nSPS) is 12.4. The van der Waals surface area contributed by atoms with Crippen LogP contribution in [0.25, 0.3) is 0 Å². The topological polar surface area (TPSA) is 0 Å². The minimum atomic E-state index is 0.271. The molecule has 0 radical (unpaired) electrons. The molecule has 0 heteroatoms. The van der Waals surface area contributed by atoms with Crippen LogP contribution in [0, 0.1) is 11.8 Å². The molecule has 30 heavy (non-hydrogen) atoms. The zero-order chi connectivity index (χ0) is 22.4. The largest absolute Gasteiger partial charge is 0.0654 e. The van der Waals surface area contributed by atoms with Crippen LogP contribution >= 0.6 is 0 Å². The molecule has 0 saturated carbocycles. The molecule has 0 bridgehead atoms. The summed E-state index contributed by atoms with van der Waals surface area (Å²) in [5, 5.41) is 0. The highest BCUT2D eigenvalue weighted by atomic mass is 14.2. The van der Waals surface area contributed by atoms with E-state index < -0.39 is 0 Å². The third-order valence-electron chi connectivity index (χ3n) is 5.95. The smallest absolute Gasteiger partial charge is 0.0132 e. The lowest BCUT2D eigenvalue weighted by atomic mass is 9.86. The molecule has 0 aliphatic heterocycles. The van der Waals surface area contributed by atoms with Crippen LogP contribution in [0.5, 0.6) is 0 Å². The van der Waals surface area contributed by atoms with E-state index in [9.17, 15) is 0 Å². The Kier molecular flexibility index (Phi) is 12.7. The first-order valence-corrected chi connectivity index (χ1v) is 12.4. The van der Waals surface area contributed by atoms with Crippen LogP contribution in [0.2, 0.25) is 0 Å². The lowest BCUT2D eigenvalue weighted by molar-refractivity contribution is 0.438. The van der Waals surface area contributed by atoms with Crippen LogP contribution in [0.15, 0.2) is 54.6 Å². The van der Waals surface area contributed by atoms with E-state index in [1.807, 2.05) is 0 Å². The Balaban J connectivity index is 0.000000303. The van der Waals surface area contributed by atoms with E-state index in [2.05, 4.69) is 103 Å². The van der Waals surface area contributed by atoms with Crippen LogP contribution < -0.4 is 0 Å². The standard InChI is InChI=1S/C16H26.C14H22/c1-6-7-13(2)12-14-8-10-15(11-9-14)16(3,4)5;1-3-8-13(9-4-2)12-14-10-6-5-7-11-14/h8-11,13H,6-7,12H2,1-5H3;5-7,10-11,13H,3-4,8-9,12H2,1-2H3. The molecular formula is C30H48. The van der Waals surface area contributed by atoms with E-state index in [1.54, 1.807) is 0 Å². The van der Waals surface area contributed by atoms with Crippen molar-refractivity contribution < 1.29 is 0 Å². The van der Waals surface area contributed by atoms with Crippen molar-refractivity contribution in [3.63, 3.8) is 0 Å². The monoisotopic (exact) mass is 408 g/mol. The minimum Gasteiger partial charge on any atom is -0.0654 e. The van der Waals surface area contributed by atoms with E-state index in [0.29, 0.717) is 0 Å². The first-order valence-electron chi connectivity index (χ1n) is 12.4. The predicted octanol–water partition coefficient (Wildman–Crippen LogP) is 9.41. The summed E-state index contributed by atoms with van der Waals surface area (Å²) in [7, 11) is 0. The summed E-state index contributed by atoms with van der Waals surface area (Å²) in [6.45, 7) is 16.0.